The maximum absolute atomic E-state index is 12.5. The average Bonchev–Trinajstić information content (AvgIpc) is 2.90. The van der Waals surface area contributed by atoms with Gasteiger partial charge < -0.3 is 13.7 Å². The topological polar surface area (TPSA) is 77.2 Å². The molecule has 0 unspecified atom stereocenters. The van der Waals surface area contributed by atoms with Crippen LogP contribution in [0.1, 0.15) is 25.0 Å². The summed E-state index contributed by atoms with van der Waals surface area (Å²) in [5.41, 5.74) is 1.54. The molecule has 2 heterocycles. The van der Waals surface area contributed by atoms with E-state index in [9.17, 15) is 9.59 Å². The summed E-state index contributed by atoms with van der Waals surface area (Å²) >= 11 is 6.25. The first-order chi connectivity index (χ1) is 11.3. The quantitative estimate of drug-likeness (QED) is 0.786. The largest absolute Gasteiger partial charge is 0.491 e. The number of aromatic amines is 1. The van der Waals surface area contributed by atoms with Crippen LogP contribution < -0.4 is 16.1 Å². The molecule has 1 aromatic carbocycles. The number of hydrogen-bond acceptors (Lipinski definition) is 4. The summed E-state index contributed by atoms with van der Waals surface area (Å²) in [6.07, 6.45) is 1.68. The van der Waals surface area contributed by atoms with Gasteiger partial charge in [-0.1, -0.05) is 11.6 Å². The standard InChI is InChI=1S/C17H17ClN2O4/c1-9(2)23-12-4-5-13(18)11(6-12)8-20-7-10(3)15-14(16(20)21)19-17(22)24-15/h4-7,9H,8H2,1-3H3,(H,19,22). The molecule has 1 N–H and O–H groups in total. The fourth-order valence-corrected chi connectivity index (χ4v) is 2.75. The van der Waals surface area contributed by atoms with E-state index in [1.807, 2.05) is 19.9 Å². The molecule has 0 fully saturated rings. The van der Waals surface area contributed by atoms with Crippen LogP contribution in [0.4, 0.5) is 0 Å². The molecule has 3 rings (SSSR count). The van der Waals surface area contributed by atoms with Crippen molar-refractivity contribution < 1.29 is 9.15 Å². The number of fused-ring (bicyclic) bond motifs is 1. The zero-order chi connectivity index (χ0) is 17.4. The van der Waals surface area contributed by atoms with Crippen molar-refractivity contribution in [3.63, 3.8) is 0 Å². The lowest BCUT2D eigenvalue weighted by Gasteiger charge is -2.13. The lowest BCUT2D eigenvalue weighted by molar-refractivity contribution is 0.242. The predicted molar refractivity (Wildman–Crippen MR) is 92.1 cm³/mol. The van der Waals surface area contributed by atoms with E-state index >= 15 is 0 Å². The van der Waals surface area contributed by atoms with E-state index in [0.29, 0.717) is 16.3 Å². The van der Waals surface area contributed by atoms with Crippen LogP contribution >= 0.6 is 11.6 Å². The first-order valence-corrected chi connectivity index (χ1v) is 7.91. The molecule has 7 heteroatoms. The van der Waals surface area contributed by atoms with Gasteiger partial charge in [-0.25, -0.2) is 4.79 Å². The Kier molecular flexibility index (Phi) is 4.24. The Morgan fingerprint density at radius 3 is 2.79 bits per heavy atom. The number of H-pyrrole nitrogens is 1. The molecule has 0 bridgehead atoms. The van der Waals surface area contributed by atoms with Gasteiger partial charge in [-0.2, -0.15) is 0 Å². The molecular weight excluding hydrogens is 332 g/mol. The Balaban J connectivity index is 2.05. The van der Waals surface area contributed by atoms with Gasteiger partial charge in [0.1, 0.15) is 5.75 Å². The monoisotopic (exact) mass is 348 g/mol. The van der Waals surface area contributed by atoms with Crippen LogP contribution in [-0.4, -0.2) is 15.7 Å². The predicted octanol–water partition coefficient (Wildman–Crippen LogP) is 3.08. The Labute approximate surface area is 142 Å². The van der Waals surface area contributed by atoms with Crippen LogP contribution in [0.5, 0.6) is 5.75 Å². The Hall–Kier alpha value is -2.47. The molecule has 0 spiro atoms. The highest BCUT2D eigenvalue weighted by Crippen LogP contribution is 2.24. The van der Waals surface area contributed by atoms with Gasteiger partial charge in [0.2, 0.25) is 0 Å². The van der Waals surface area contributed by atoms with Gasteiger partial charge in [0.15, 0.2) is 11.1 Å². The molecule has 0 amide bonds. The molecule has 0 saturated carbocycles. The number of benzene rings is 1. The number of nitrogens with zero attached hydrogens (tertiary/aromatic N) is 1. The number of ether oxygens (including phenoxy) is 1. The summed E-state index contributed by atoms with van der Waals surface area (Å²) in [7, 11) is 0. The number of aryl methyl sites for hydroxylation is 1. The van der Waals surface area contributed by atoms with Crippen molar-refractivity contribution >= 4 is 22.7 Å². The molecule has 0 atom stereocenters. The number of aromatic nitrogens is 2. The number of oxazole rings is 1. The van der Waals surface area contributed by atoms with Gasteiger partial charge in [0.25, 0.3) is 5.56 Å². The summed E-state index contributed by atoms with van der Waals surface area (Å²) in [6.45, 7) is 5.91. The van der Waals surface area contributed by atoms with Crippen LogP contribution in [0, 0.1) is 6.92 Å². The van der Waals surface area contributed by atoms with Gasteiger partial charge in [-0.3, -0.25) is 9.78 Å². The second-order valence-electron chi connectivity index (χ2n) is 5.88. The van der Waals surface area contributed by atoms with Gasteiger partial charge in [-0.15, -0.1) is 0 Å². The summed E-state index contributed by atoms with van der Waals surface area (Å²) < 4.78 is 12.2. The third kappa shape index (κ3) is 3.10. The van der Waals surface area contributed by atoms with Crippen LogP contribution in [0.25, 0.3) is 11.1 Å². The Morgan fingerprint density at radius 1 is 1.33 bits per heavy atom. The first-order valence-electron chi connectivity index (χ1n) is 7.53. The number of nitrogens with one attached hydrogen (secondary N) is 1. The fraction of sp³-hybridized carbons (Fsp3) is 0.294. The van der Waals surface area contributed by atoms with Crippen molar-refractivity contribution in [3.05, 3.63) is 61.4 Å². The number of halogens is 1. The molecule has 0 aliphatic heterocycles. The highest BCUT2D eigenvalue weighted by Gasteiger charge is 2.13. The lowest BCUT2D eigenvalue weighted by Crippen LogP contribution is -2.21. The number of pyridine rings is 1. The summed E-state index contributed by atoms with van der Waals surface area (Å²) in [4.78, 5) is 26.3. The minimum atomic E-state index is -0.645. The lowest BCUT2D eigenvalue weighted by atomic mass is 10.2. The van der Waals surface area contributed by atoms with E-state index in [1.54, 1.807) is 25.3 Å². The zero-order valence-electron chi connectivity index (χ0n) is 13.6. The number of hydrogen-bond donors (Lipinski definition) is 1. The van der Waals surface area contributed by atoms with Gasteiger partial charge in [0, 0.05) is 16.8 Å². The summed E-state index contributed by atoms with van der Waals surface area (Å²) in [6, 6.07) is 5.34. The molecule has 0 aliphatic carbocycles. The van der Waals surface area contributed by atoms with E-state index in [1.165, 1.54) is 4.57 Å². The van der Waals surface area contributed by atoms with E-state index in [4.69, 9.17) is 20.8 Å². The zero-order valence-corrected chi connectivity index (χ0v) is 14.3. The minimum Gasteiger partial charge on any atom is -0.491 e. The molecule has 0 radical (unpaired) electrons. The second kappa shape index (κ2) is 6.20. The van der Waals surface area contributed by atoms with Crippen LogP contribution in [-0.2, 0) is 6.54 Å². The SMILES string of the molecule is Cc1cn(Cc2cc(OC(C)C)ccc2Cl)c(=O)c2[nH]c(=O)oc12. The second-order valence-corrected chi connectivity index (χ2v) is 6.29. The van der Waals surface area contributed by atoms with Crippen molar-refractivity contribution in [3.8, 4) is 5.75 Å². The van der Waals surface area contributed by atoms with Gasteiger partial charge >= 0.3 is 5.76 Å². The van der Waals surface area contributed by atoms with Crippen molar-refractivity contribution in [2.45, 2.75) is 33.4 Å². The molecule has 126 valence electrons. The fourth-order valence-electron chi connectivity index (χ4n) is 2.57. The normalized spacial score (nSPS) is 11.4. The Bertz CT molecular complexity index is 1010. The van der Waals surface area contributed by atoms with E-state index in [-0.39, 0.29) is 29.3 Å². The van der Waals surface area contributed by atoms with E-state index in [0.717, 1.165) is 5.56 Å². The molecule has 3 aromatic rings. The molecule has 0 aliphatic rings. The van der Waals surface area contributed by atoms with Crippen LogP contribution in [0.15, 0.2) is 38.4 Å². The van der Waals surface area contributed by atoms with Crippen molar-refractivity contribution in [1.29, 1.82) is 0 Å². The molecule has 6 nitrogen and oxygen atoms in total. The maximum Gasteiger partial charge on any atom is 0.417 e. The van der Waals surface area contributed by atoms with Crippen LogP contribution in [0.2, 0.25) is 5.02 Å². The average molecular weight is 349 g/mol. The van der Waals surface area contributed by atoms with Crippen LogP contribution in [0.3, 0.4) is 0 Å². The van der Waals surface area contributed by atoms with Crippen molar-refractivity contribution in [2.24, 2.45) is 0 Å². The first kappa shape index (κ1) is 16.4. The third-order valence-electron chi connectivity index (χ3n) is 3.56. The highest BCUT2D eigenvalue weighted by molar-refractivity contribution is 6.31. The van der Waals surface area contributed by atoms with Crippen molar-refractivity contribution in [1.82, 2.24) is 9.55 Å². The highest BCUT2D eigenvalue weighted by atomic mass is 35.5. The molecule has 24 heavy (non-hydrogen) atoms. The minimum absolute atomic E-state index is 0.0383. The third-order valence-corrected chi connectivity index (χ3v) is 3.93. The van der Waals surface area contributed by atoms with Crippen molar-refractivity contribution in [2.75, 3.05) is 0 Å². The smallest absolute Gasteiger partial charge is 0.417 e. The van der Waals surface area contributed by atoms with Gasteiger partial charge in [0.05, 0.1) is 12.6 Å². The number of rotatable bonds is 4. The molecule has 2 aromatic heterocycles. The molecular formula is C17H17ClN2O4. The Morgan fingerprint density at radius 2 is 2.08 bits per heavy atom. The van der Waals surface area contributed by atoms with E-state index in [2.05, 4.69) is 4.98 Å². The molecule has 0 saturated heterocycles. The van der Waals surface area contributed by atoms with Gasteiger partial charge in [-0.05, 0) is 44.5 Å². The summed E-state index contributed by atoms with van der Waals surface area (Å²) in [5, 5.41) is 0.538. The summed E-state index contributed by atoms with van der Waals surface area (Å²) in [5.74, 6) is 0.0419. The maximum atomic E-state index is 12.5. The van der Waals surface area contributed by atoms with E-state index < -0.39 is 5.76 Å².